The second-order valence-electron chi connectivity index (χ2n) is 8.53. The van der Waals surface area contributed by atoms with Crippen LogP contribution in [0.5, 0.6) is 0 Å². The Balaban J connectivity index is 0.000000181. The van der Waals surface area contributed by atoms with Crippen LogP contribution in [0.3, 0.4) is 0 Å². The van der Waals surface area contributed by atoms with E-state index in [1.807, 2.05) is 54.6 Å². The normalized spacial score (nSPS) is 11.4. The van der Waals surface area contributed by atoms with Gasteiger partial charge in [0, 0.05) is 38.0 Å². The lowest BCUT2D eigenvalue weighted by Gasteiger charge is -2.11. The van der Waals surface area contributed by atoms with Crippen LogP contribution < -0.4 is 0 Å². The molecule has 0 aliphatic rings. The molecule has 1 unspecified atom stereocenters. The first-order valence-corrected chi connectivity index (χ1v) is 13.5. The van der Waals surface area contributed by atoms with E-state index >= 15 is 0 Å². The Labute approximate surface area is 247 Å². The Morgan fingerprint density at radius 1 is 0.615 bits per heavy atom. The molecular formula is C31H24Cl4N2O2. The first kappa shape index (κ1) is 29.0. The molecule has 8 heteroatoms. The summed E-state index contributed by atoms with van der Waals surface area (Å²) in [4.78, 5) is 7.85. The van der Waals surface area contributed by atoms with Crippen LogP contribution in [0.15, 0.2) is 110 Å². The van der Waals surface area contributed by atoms with Gasteiger partial charge in [-0.25, -0.2) is 9.97 Å². The molecule has 0 fully saturated rings. The standard InChI is InChI=1S/C17H14N2O.C14H10Cl4O/c20-17(16-10-18-12-19-11-16)15-8-6-14(7-9-15)13-4-2-1-3-5-13;15-11-3-1-9(13(17)5-11)7-19-8-10-2-4-12(16)6-14(10)18/h1-12,17,20H;1-6H,7-8H2. The molecule has 0 aliphatic carbocycles. The minimum atomic E-state index is -0.693. The number of hydrogen-bond acceptors (Lipinski definition) is 4. The van der Waals surface area contributed by atoms with Crippen molar-refractivity contribution in [1.82, 2.24) is 9.97 Å². The number of rotatable bonds is 7. The van der Waals surface area contributed by atoms with Gasteiger partial charge in [0.1, 0.15) is 12.4 Å². The molecule has 4 aromatic carbocycles. The maximum absolute atomic E-state index is 10.3. The van der Waals surface area contributed by atoms with Crippen LogP contribution >= 0.6 is 46.4 Å². The van der Waals surface area contributed by atoms with E-state index in [1.165, 1.54) is 6.33 Å². The first-order chi connectivity index (χ1) is 18.9. The molecule has 0 saturated carbocycles. The number of hydrogen-bond donors (Lipinski definition) is 1. The summed E-state index contributed by atoms with van der Waals surface area (Å²) >= 11 is 23.8. The Morgan fingerprint density at radius 2 is 1.13 bits per heavy atom. The van der Waals surface area contributed by atoms with Crippen molar-refractivity contribution < 1.29 is 9.84 Å². The molecule has 1 aromatic heterocycles. The zero-order chi connectivity index (χ0) is 27.6. The van der Waals surface area contributed by atoms with E-state index in [2.05, 4.69) is 22.1 Å². The molecule has 0 spiro atoms. The number of aliphatic hydroxyl groups is 1. The minimum absolute atomic E-state index is 0.398. The van der Waals surface area contributed by atoms with Crippen LogP contribution in [0, 0.1) is 0 Å². The van der Waals surface area contributed by atoms with Crippen molar-refractivity contribution in [2.45, 2.75) is 19.3 Å². The third kappa shape index (κ3) is 8.51. The number of ether oxygens (including phenoxy) is 1. The van der Waals surface area contributed by atoms with Gasteiger partial charge >= 0.3 is 0 Å². The summed E-state index contributed by atoms with van der Waals surface area (Å²) in [6.07, 6.45) is 4.02. The zero-order valence-corrected chi connectivity index (χ0v) is 23.7. The highest BCUT2D eigenvalue weighted by Crippen LogP contribution is 2.26. The maximum atomic E-state index is 10.3. The fraction of sp³-hybridized carbons (Fsp3) is 0.0968. The lowest BCUT2D eigenvalue weighted by atomic mass is 10.00. The van der Waals surface area contributed by atoms with Crippen LogP contribution in [0.1, 0.15) is 28.4 Å². The molecule has 1 atom stereocenters. The quantitative estimate of drug-likeness (QED) is 0.203. The summed E-state index contributed by atoms with van der Waals surface area (Å²) in [5, 5.41) is 12.7. The van der Waals surface area contributed by atoms with Crippen molar-refractivity contribution in [2.24, 2.45) is 0 Å². The Morgan fingerprint density at radius 3 is 1.64 bits per heavy atom. The second kappa shape index (κ2) is 14.4. The van der Waals surface area contributed by atoms with Gasteiger partial charge in [-0.2, -0.15) is 0 Å². The van der Waals surface area contributed by atoms with Crippen LogP contribution in [-0.4, -0.2) is 15.1 Å². The summed E-state index contributed by atoms with van der Waals surface area (Å²) in [6.45, 7) is 0.796. The number of halogens is 4. The van der Waals surface area contributed by atoms with Crippen molar-refractivity contribution >= 4 is 46.4 Å². The van der Waals surface area contributed by atoms with Crippen LogP contribution in [-0.2, 0) is 18.0 Å². The summed E-state index contributed by atoms with van der Waals surface area (Å²) in [5.41, 5.74) is 5.59. The van der Waals surface area contributed by atoms with Crippen LogP contribution in [0.25, 0.3) is 11.1 Å². The van der Waals surface area contributed by atoms with Crippen molar-refractivity contribution in [3.05, 3.63) is 152 Å². The fourth-order valence-electron chi connectivity index (χ4n) is 3.68. The molecule has 0 radical (unpaired) electrons. The van der Waals surface area contributed by atoms with Crippen molar-refractivity contribution in [3.8, 4) is 11.1 Å². The molecule has 0 bridgehead atoms. The fourth-order valence-corrected chi connectivity index (χ4v) is 4.61. The number of aliphatic hydroxyl groups excluding tert-OH is 1. The van der Waals surface area contributed by atoms with Crippen molar-refractivity contribution in [3.63, 3.8) is 0 Å². The third-order valence-corrected chi connectivity index (χ3v) is 6.95. The van der Waals surface area contributed by atoms with Gasteiger partial charge in [0.15, 0.2) is 0 Å². The van der Waals surface area contributed by atoms with E-state index in [1.54, 1.807) is 36.7 Å². The summed E-state index contributed by atoms with van der Waals surface area (Å²) in [5.74, 6) is 0. The molecule has 5 aromatic rings. The molecule has 0 aliphatic heterocycles. The maximum Gasteiger partial charge on any atom is 0.115 e. The number of benzene rings is 4. The average molecular weight is 598 g/mol. The highest BCUT2D eigenvalue weighted by molar-refractivity contribution is 6.35. The molecule has 1 heterocycles. The Kier molecular flexibility index (Phi) is 10.7. The van der Waals surface area contributed by atoms with Gasteiger partial charge in [0.2, 0.25) is 0 Å². The van der Waals surface area contributed by atoms with Gasteiger partial charge < -0.3 is 9.84 Å². The SMILES string of the molecule is Clc1ccc(COCc2ccc(Cl)cc2Cl)c(Cl)c1.OC(c1ccc(-c2ccccc2)cc1)c1cncnc1. The van der Waals surface area contributed by atoms with Crippen LogP contribution in [0.4, 0.5) is 0 Å². The van der Waals surface area contributed by atoms with Crippen molar-refractivity contribution in [1.29, 1.82) is 0 Å². The highest BCUT2D eigenvalue weighted by atomic mass is 35.5. The van der Waals surface area contributed by atoms with Crippen molar-refractivity contribution in [2.75, 3.05) is 0 Å². The minimum Gasteiger partial charge on any atom is -0.384 e. The largest absolute Gasteiger partial charge is 0.384 e. The average Bonchev–Trinajstić information content (AvgIpc) is 2.96. The van der Waals surface area contributed by atoms with E-state index in [4.69, 9.17) is 51.1 Å². The predicted molar refractivity (Wildman–Crippen MR) is 159 cm³/mol. The monoisotopic (exact) mass is 596 g/mol. The molecule has 4 nitrogen and oxygen atoms in total. The van der Waals surface area contributed by atoms with Gasteiger partial charge in [-0.3, -0.25) is 0 Å². The lowest BCUT2D eigenvalue weighted by Crippen LogP contribution is -2.00. The number of nitrogens with zero attached hydrogens (tertiary/aromatic N) is 2. The van der Waals surface area contributed by atoms with E-state index in [0.29, 0.717) is 38.9 Å². The molecule has 0 saturated heterocycles. The van der Waals surface area contributed by atoms with Gasteiger partial charge in [-0.15, -0.1) is 0 Å². The molecular weight excluding hydrogens is 574 g/mol. The van der Waals surface area contributed by atoms with Gasteiger partial charge in [-0.05, 0) is 52.1 Å². The Bertz CT molecular complexity index is 1430. The van der Waals surface area contributed by atoms with E-state index in [0.717, 1.165) is 27.8 Å². The molecule has 39 heavy (non-hydrogen) atoms. The molecule has 5 rings (SSSR count). The zero-order valence-electron chi connectivity index (χ0n) is 20.6. The van der Waals surface area contributed by atoms with Gasteiger partial charge in [-0.1, -0.05) is 113 Å². The van der Waals surface area contributed by atoms with Gasteiger partial charge in [0.05, 0.1) is 13.2 Å². The van der Waals surface area contributed by atoms with E-state index < -0.39 is 6.10 Å². The summed E-state index contributed by atoms with van der Waals surface area (Å²) < 4.78 is 5.59. The third-order valence-electron chi connectivity index (χ3n) is 5.78. The summed E-state index contributed by atoms with van der Waals surface area (Å²) in [7, 11) is 0. The van der Waals surface area contributed by atoms with E-state index in [-0.39, 0.29) is 0 Å². The molecule has 0 amide bonds. The topological polar surface area (TPSA) is 55.2 Å². The molecule has 1 N–H and O–H groups in total. The number of aromatic nitrogens is 2. The first-order valence-electron chi connectivity index (χ1n) is 11.9. The van der Waals surface area contributed by atoms with Gasteiger partial charge in [0.25, 0.3) is 0 Å². The predicted octanol–water partition coefficient (Wildman–Crippen LogP) is 9.24. The smallest absolute Gasteiger partial charge is 0.115 e. The highest BCUT2D eigenvalue weighted by Gasteiger charge is 2.11. The summed E-state index contributed by atoms with van der Waals surface area (Å²) in [6, 6.07) is 28.7. The van der Waals surface area contributed by atoms with E-state index in [9.17, 15) is 5.11 Å². The van der Waals surface area contributed by atoms with Crippen LogP contribution in [0.2, 0.25) is 20.1 Å². The lowest BCUT2D eigenvalue weighted by molar-refractivity contribution is 0.107. The molecule has 198 valence electrons. The second-order valence-corrected chi connectivity index (χ2v) is 10.2. The Hall–Kier alpha value is -2.96.